The fourth-order valence-corrected chi connectivity index (χ4v) is 1.83. The van der Waals surface area contributed by atoms with Crippen LogP contribution in [-0.2, 0) is 4.74 Å². The van der Waals surface area contributed by atoms with Gasteiger partial charge in [-0.1, -0.05) is 36.8 Å². The van der Waals surface area contributed by atoms with Crippen LogP contribution >= 0.6 is 0 Å². The molecule has 0 aliphatic rings. The lowest BCUT2D eigenvalue weighted by atomic mass is 9.99. The van der Waals surface area contributed by atoms with Crippen molar-refractivity contribution in [3.05, 3.63) is 35.4 Å². The first kappa shape index (κ1) is 16.0. The fraction of sp³-hybridized carbons (Fsp3) is 0.571. The summed E-state index contributed by atoms with van der Waals surface area (Å²) in [5.41, 5.74) is 7.81. The topological polar surface area (TPSA) is 35.2 Å². The Bertz CT molecular complexity index is 393. The Morgan fingerprint density at radius 2 is 2.00 bits per heavy atom. The summed E-state index contributed by atoms with van der Waals surface area (Å²) >= 11 is 0. The number of ether oxygens (including phenoxy) is 1. The SMILES string of the molecule is CCC(N)C(OCCC(F)(F)F)c1cccc(C)c1. The van der Waals surface area contributed by atoms with E-state index in [4.69, 9.17) is 10.5 Å². The Morgan fingerprint density at radius 1 is 1.32 bits per heavy atom. The van der Waals surface area contributed by atoms with E-state index in [0.717, 1.165) is 11.1 Å². The molecule has 2 N–H and O–H groups in total. The largest absolute Gasteiger partial charge is 0.391 e. The maximum atomic E-state index is 12.1. The van der Waals surface area contributed by atoms with Gasteiger partial charge in [-0.25, -0.2) is 0 Å². The molecule has 0 amide bonds. The number of aryl methyl sites for hydroxylation is 1. The predicted octanol–water partition coefficient (Wildman–Crippen LogP) is 3.74. The van der Waals surface area contributed by atoms with Crippen molar-refractivity contribution in [2.75, 3.05) is 6.61 Å². The lowest BCUT2D eigenvalue weighted by Gasteiger charge is -2.24. The third kappa shape index (κ3) is 5.61. The average Bonchev–Trinajstić information content (AvgIpc) is 2.32. The fourth-order valence-electron chi connectivity index (χ4n) is 1.83. The van der Waals surface area contributed by atoms with E-state index in [1.807, 2.05) is 38.1 Å². The average molecular weight is 275 g/mol. The zero-order valence-electron chi connectivity index (χ0n) is 11.2. The second-order valence-electron chi connectivity index (χ2n) is 4.64. The van der Waals surface area contributed by atoms with Crippen molar-refractivity contribution in [1.29, 1.82) is 0 Å². The van der Waals surface area contributed by atoms with Gasteiger partial charge in [0.2, 0.25) is 0 Å². The van der Waals surface area contributed by atoms with Gasteiger partial charge in [0, 0.05) is 6.04 Å². The van der Waals surface area contributed by atoms with E-state index < -0.39 is 18.7 Å². The van der Waals surface area contributed by atoms with Gasteiger partial charge in [0.1, 0.15) is 0 Å². The summed E-state index contributed by atoms with van der Waals surface area (Å²) in [6, 6.07) is 7.20. The van der Waals surface area contributed by atoms with Gasteiger partial charge in [-0.15, -0.1) is 0 Å². The number of hydrogen-bond acceptors (Lipinski definition) is 2. The quantitative estimate of drug-likeness (QED) is 0.858. The Hall–Kier alpha value is -1.07. The molecule has 0 heterocycles. The van der Waals surface area contributed by atoms with Gasteiger partial charge in [0.05, 0.1) is 19.1 Å². The van der Waals surface area contributed by atoms with Gasteiger partial charge in [-0.2, -0.15) is 13.2 Å². The maximum absolute atomic E-state index is 12.1. The molecule has 0 aliphatic heterocycles. The molecule has 0 bridgehead atoms. The van der Waals surface area contributed by atoms with Gasteiger partial charge >= 0.3 is 6.18 Å². The van der Waals surface area contributed by atoms with Crippen molar-refractivity contribution >= 4 is 0 Å². The van der Waals surface area contributed by atoms with E-state index in [1.165, 1.54) is 0 Å². The van der Waals surface area contributed by atoms with Crippen molar-refractivity contribution in [3.63, 3.8) is 0 Å². The van der Waals surface area contributed by atoms with E-state index in [2.05, 4.69) is 0 Å². The number of benzene rings is 1. The summed E-state index contributed by atoms with van der Waals surface area (Å²) < 4.78 is 41.8. The molecule has 0 aromatic heterocycles. The third-order valence-electron chi connectivity index (χ3n) is 2.91. The van der Waals surface area contributed by atoms with Crippen LogP contribution in [0.15, 0.2) is 24.3 Å². The zero-order valence-corrected chi connectivity index (χ0v) is 11.2. The number of halogens is 3. The summed E-state index contributed by atoms with van der Waals surface area (Å²) in [4.78, 5) is 0. The molecule has 2 atom stereocenters. The molecule has 0 radical (unpaired) electrons. The maximum Gasteiger partial charge on any atom is 0.391 e. The van der Waals surface area contributed by atoms with E-state index in [0.29, 0.717) is 6.42 Å². The van der Waals surface area contributed by atoms with Crippen LogP contribution in [0.5, 0.6) is 0 Å². The molecule has 0 saturated carbocycles. The van der Waals surface area contributed by atoms with Crippen molar-refractivity contribution in [3.8, 4) is 0 Å². The Kier molecular flexibility index (Phi) is 5.82. The summed E-state index contributed by atoms with van der Waals surface area (Å²) in [7, 11) is 0. The van der Waals surface area contributed by atoms with Crippen LogP contribution in [0, 0.1) is 6.92 Å². The lowest BCUT2D eigenvalue weighted by Crippen LogP contribution is -2.30. The summed E-state index contributed by atoms with van der Waals surface area (Å²) in [5.74, 6) is 0. The summed E-state index contributed by atoms with van der Waals surface area (Å²) in [6.07, 6.45) is -5.00. The van der Waals surface area contributed by atoms with Crippen molar-refractivity contribution in [2.45, 2.75) is 45.0 Å². The molecule has 108 valence electrons. The van der Waals surface area contributed by atoms with Gasteiger partial charge in [-0.05, 0) is 18.9 Å². The highest BCUT2D eigenvalue weighted by atomic mass is 19.4. The van der Waals surface area contributed by atoms with E-state index in [1.54, 1.807) is 0 Å². The zero-order chi connectivity index (χ0) is 14.5. The van der Waals surface area contributed by atoms with Gasteiger partial charge < -0.3 is 10.5 Å². The smallest absolute Gasteiger partial charge is 0.372 e. The number of nitrogens with two attached hydrogens (primary N) is 1. The van der Waals surface area contributed by atoms with Crippen LogP contribution in [0.3, 0.4) is 0 Å². The van der Waals surface area contributed by atoms with Crippen LogP contribution < -0.4 is 5.73 Å². The van der Waals surface area contributed by atoms with Crippen LogP contribution in [0.4, 0.5) is 13.2 Å². The molecule has 1 aromatic rings. The van der Waals surface area contributed by atoms with Crippen LogP contribution in [0.25, 0.3) is 0 Å². The monoisotopic (exact) mass is 275 g/mol. The highest BCUT2D eigenvalue weighted by Crippen LogP contribution is 2.25. The second kappa shape index (κ2) is 6.91. The number of alkyl halides is 3. The number of rotatable bonds is 6. The van der Waals surface area contributed by atoms with E-state index >= 15 is 0 Å². The molecule has 1 rings (SSSR count). The molecule has 0 spiro atoms. The second-order valence-corrected chi connectivity index (χ2v) is 4.64. The molecule has 1 aromatic carbocycles. The highest BCUT2D eigenvalue weighted by molar-refractivity contribution is 5.25. The standard InChI is InChI=1S/C14H20F3NO/c1-3-12(18)13(19-8-7-14(15,16)17)11-6-4-5-10(2)9-11/h4-6,9,12-13H,3,7-8,18H2,1-2H3. The lowest BCUT2D eigenvalue weighted by molar-refractivity contribution is -0.150. The molecular formula is C14H20F3NO. The predicted molar refractivity (Wildman–Crippen MR) is 68.8 cm³/mol. The minimum absolute atomic E-state index is 0.310. The minimum atomic E-state index is -4.20. The number of hydrogen-bond donors (Lipinski definition) is 1. The first-order chi connectivity index (χ1) is 8.83. The Labute approximate surface area is 111 Å². The van der Waals surface area contributed by atoms with Crippen molar-refractivity contribution < 1.29 is 17.9 Å². The first-order valence-electron chi connectivity index (χ1n) is 6.34. The molecule has 2 unspecified atom stereocenters. The van der Waals surface area contributed by atoms with Crippen molar-refractivity contribution in [1.82, 2.24) is 0 Å². The van der Waals surface area contributed by atoms with E-state index in [-0.39, 0.29) is 12.6 Å². The third-order valence-corrected chi connectivity index (χ3v) is 2.91. The van der Waals surface area contributed by atoms with Gasteiger partial charge in [0.15, 0.2) is 0 Å². The molecular weight excluding hydrogens is 255 g/mol. The Morgan fingerprint density at radius 3 is 2.53 bits per heavy atom. The van der Waals surface area contributed by atoms with E-state index in [9.17, 15) is 13.2 Å². The highest BCUT2D eigenvalue weighted by Gasteiger charge is 2.28. The molecule has 0 saturated heterocycles. The van der Waals surface area contributed by atoms with Crippen LogP contribution in [0.1, 0.15) is 37.0 Å². The molecule has 5 heteroatoms. The molecule has 19 heavy (non-hydrogen) atoms. The summed E-state index contributed by atoms with van der Waals surface area (Å²) in [6.45, 7) is 3.45. The normalized spacial score (nSPS) is 15.3. The van der Waals surface area contributed by atoms with Crippen molar-refractivity contribution in [2.24, 2.45) is 5.73 Å². The first-order valence-corrected chi connectivity index (χ1v) is 6.34. The molecule has 0 fully saturated rings. The minimum Gasteiger partial charge on any atom is -0.372 e. The molecule has 2 nitrogen and oxygen atoms in total. The Balaban J connectivity index is 2.73. The van der Waals surface area contributed by atoms with Crippen LogP contribution in [-0.4, -0.2) is 18.8 Å². The van der Waals surface area contributed by atoms with Gasteiger partial charge in [-0.3, -0.25) is 0 Å². The molecule has 0 aliphatic carbocycles. The van der Waals surface area contributed by atoms with Crippen LogP contribution in [0.2, 0.25) is 0 Å². The summed E-state index contributed by atoms with van der Waals surface area (Å²) in [5, 5.41) is 0. The van der Waals surface area contributed by atoms with Gasteiger partial charge in [0.25, 0.3) is 0 Å².